The summed E-state index contributed by atoms with van der Waals surface area (Å²) in [4.78, 5) is 20.9. The molecule has 0 aliphatic rings. The van der Waals surface area contributed by atoms with Crippen LogP contribution in [0.1, 0.15) is 5.69 Å². The quantitative estimate of drug-likeness (QED) is 0.445. The van der Waals surface area contributed by atoms with E-state index in [-0.39, 0.29) is 5.91 Å². The Morgan fingerprint density at radius 2 is 2.16 bits per heavy atom. The van der Waals surface area contributed by atoms with Crippen LogP contribution in [-0.2, 0) is 11.3 Å². The average Bonchev–Trinajstić information content (AvgIpc) is 2.64. The van der Waals surface area contributed by atoms with Crippen molar-refractivity contribution in [3.63, 3.8) is 0 Å². The Hall–Kier alpha value is -1.87. The molecule has 3 aromatic rings. The van der Waals surface area contributed by atoms with Crippen molar-refractivity contribution in [2.75, 3.05) is 6.26 Å². The molecule has 1 aromatic carbocycles. The summed E-state index contributed by atoms with van der Waals surface area (Å²) in [5.74, 6) is 0.461. The van der Waals surface area contributed by atoms with Gasteiger partial charge in [0.25, 0.3) is 5.91 Å². The molecule has 7 heteroatoms. The summed E-state index contributed by atoms with van der Waals surface area (Å²) in [5.41, 5.74) is 1.08. The van der Waals surface area contributed by atoms with Crippen LogP contribution in [0.3, 0.4) is 0 Å². The highest BCUT2D eigenvalue weighted by molar-refractivity contribution is 14.1. The fourth-order valence-electron chi connectivity index (χ4n) is 2.25. The molecule has 2 aromatic heterocycles. The van der Waals surface area contributed by atoms with Gasteiger partial charge in [0.1, 0.15) is 5.75 Å². The van der Waals surface area contributed by atoms with Crippen LogP contribution in [0.25, 0.3) is 10.9 Å². The Labute approximate surface area is 163 Å². The second-order valence-electron chi connectivity index (χ2n) is 5.23. The van der Waals surface area contributed by atoms with Gasteiger partial charge in [0.15, 0.2) is 0 Å². The van der Waals surface area contributed by atoms with Gasteiger partial charge in [-0.25, -0.2) is 0 Å². The number of fused-ring (bicyclic) bond motifs is 1. The summed E-state index contributed by atoms with van der Waals surface area (Å²) in [6.45, 7) is 0.375. The third-order valence-electron chi connectivity index (χ3n) is 3.46. The van der Waals surface area contributed by atoms with Crippen molar-refractivity contribution in [2.24, 2.45) is 0 Å². The fourth-order valence-corrected chi connectivity index (χ4v) is 3.23. The van der Waals surface area contributed by atoms with E-state index in [9.17, 15) is 4.79 Å². The number of carbonyl (C=O) groups is 1. The number of aromatic nitrogens is 2. The van der Waals surface area contributed by atoms with Crippen molar-refractivity contribution >= 4 is 51.2 Å². The summed E-state index contributed by atoms with van der Waals surface area (Å²) >= 11 is 3.57. The number of nitrogens with one attached hydrogen (secondary N) is 1. The maximum Gasteiger partial charge on any atom is 0.272 e. The van der Waals surface area contributed by atoms with Gasteiger partial charge in [0.05, 0.1) is 17.8 Å². The van der Waals surface area contributed by atoms with Crippen molar-refractivity contribution in [3.8, 4) is 5.75 Å². The van der Waals surface area contributed by atoms with E-state index in [1.54, 1.807) is 6.20 Å². The number of halogens is 1. The van der Waals surface area contributed by atoms with Crippen molar-refractivity contribution in [3.05, 3.63) is 64.1 Å². The third-order valence-corrected chi connectivity index (χ3v) is 4.79. The van der Waals surface area contributed by atoms with Crippen LogP contribution in [0.15, 0.2) is 54.9 Å². The van der Waals surface area contributed by atoms with Gasteiger partial charge in [-0.05, 0) is 65.2 Å². The standard InChI is InChI=1S/C18H16IN3O2S/c1-25-18(17(23)22-11-14-4-2-3-7-20-14)24-15-5-6-16-12(9-15)8-13(19)10-21-16/h2-10,18H,11H2,1H3,(H,22,23). The number of hydrogen-bond acceptors (Lipinski definition) is 5. The molecule has 1 N–H and O–H groups in total. The molecule has 0 spiro atoms. The largest absolute Gasteiger partial charge is 0.470 e. The number of amides is 1. The first-order valence-corrected chi connectivity index (χ1v) is 9.95. The average molecular weight is 465 g/mol. The highest BCUT2D eigenvalue weighted by Crippen LogP contribution is 2.23. The minimum atomic E-state index is -0.628. The first kappa shape index (κ1) is 17.9. The molecule has 1 amide bonds. The summed E-state index contributed by atoms with van der Waals surface area (Å²) in [5, 5.41) is 3.84. The van der Waals surface area contributed by atoms with E-state index in [0.717, 1.165) is 20.2 Å². The molecule has 0 bridgehead atoms. The molecule has 0 fully saturated rings. The second-order valence-corrected chi connectivity index (χ2v) is 7.38. The number of pyridine rings is 2. The molecule has 0 radical (unpaired) electrons. The lowest BCUT2D eigenvalue weighted by molar-refractivity contribution is -0.124. The molecule has 25 heavy (non-hydrogen) atoms. The van der Waals surface area contributed by atoms with Crippen LogP contribution < -0.4 is 10.1 Å². The van der Waals surface area contributed by atoms with Gasteiger partial charge < -0.3 is 10.1 Å². The predicted molar refractivity (Wildman–Crippen MR) is 108 cm³/mol. The number of benzene rings is 1. The van der Waals surface area contributed by atoms with Gasteiger partial charge in [-0.2, -0.15) is 0 Å². The zero-order valence-corrected chi connectivity index (χ0v) is 16.5. The molecular formula is C18H16IN3O2S. The minimum Gasteiger partial charge on any atom is -0.470 e. The summed E-state index contributed by atoms with van der Waals surface area (Å²) in [6.07, 6.45) is 5.37. The predicted octanol–water partition coefficient (Wildman–Crippen LogP) is 3.62. The van der Waals surface area contributed by atoms with Crippen molar-refractivity contribution in [1.29, 1.82) is 0 Å². The lowest BCUT2D eigenvalue weighted by Gasteiger charge is -2.17. The number of hydrogen-bond donors (Lipinski definition) is 1. The summed E-state index contributed by atoms with van der Waals surface area (Å²) < 4.78 is 6.91. The maximum atomic E-state index is 12.4. The molecule has 1 unspecified atom stereocenters. The Morgan fingerprint density at radius 1 is 1.28 bits per heavy atom. The van der Waals surface area contributed by atoms with E-state index in [1.165, 1.54) is 11.8 Å². The van der Waals surface area contributed by atoms with Gasteiger partial charge in [-0.3, -0.25) is 14.8 Å². The Bertz CT molecular complexity index is 877. The van der Waals surface area contributed by atoms with E-state index in [1.807, 2.05) is 54.9 Å². The number of carbonyl (C=O) groups excluding carboxylic acids is 1. The molecule has 0 aliphatic heterocycles. The van der Waals surface area contributed by atoms with Gasteiger partial charge in [-0.1, -0.05) is 6.07 Å². The Morgan fingerprint density at radius 3 is 2.92 bits per heavy atom. The number of ether oxygens (including phenoxy) is 1. The van der Waals surface area contributed by atoms with Gasteiger partial charge in [0.2, 0.25) is 5.44 Å². The number of rotatable bonds is 6. The molecule has 5 nitrogen and oxygen atoms in total. The molecule has 3 rings (SSSR count). The molecule has 128 valence electrons. The van der Waals surface area contributed by atoms with E-state index < -0.39 is 5.44 Å². The lowest BCUT2D eigenvalue weighted by Crippen LogP contribution is -2.35. The fraction of sp³-hybridized carbons (Fsp3) is 0.167. The van der Waals surface area contributed by atoms with Crippen molar-refractivity contribution < 1.29 is 9.53 Å². The molecule has 1 atom stereocenters. The smallest absolute Gasteiger partial charge is 0.272 e. The van der Waals surface area contributed by atoms with E-state index >= 15 is 0 Å². The van der Waals surface area contributed by atoms with Crippen LogP contribution in [-0.4, -0.2) is 27.6 Å². The molecule has 0 saturated heterocycles. The zero-order valence-electron chi connectivity index (χ0n) is 13.5. The minimum absolute atomic E-state index is 0.181. The Kier molecular flexibility index (Phi) is 6.09. The highest BCUT2D eigenvalue weighted by atomic mass is 127. The van der Waals surface area contributed by atoms with Crippen molar-refractivity contribution in [1.82, 2.24) is 15.3 Å². The van der Waals surface area contributed by atoms with Crippen molar-refractivity contribution in [2.45, 2.75) is 12.0 Å². The van der Waals surface area contributed by atoms with Crippen LogP contribution in [0.5, 0.6) is 5.75 Å². The Balaban J connectivity index is 1.67. The summed E-state index contributed by atoms with van der Waals surface area (Å²) in [7, 11) is 0. The molecule has 0 saturated carbocycles. The maximum absolute atomic E-state index is 12.4. The van der Waals surface area contributed by atoms with Crippen LogP contribution in [0.4, 0.5) is 0 Å². The SMILES string of the molecule is CSC(Oc1ccc2ncc(I)cc2c1)C(=O)NCc1ccccn1. The normalized spacial score (nSPS) is 11.9. The van der Waals surface area contributed by atoms with Gasteiger partial charge in [-0.15, -0.1) is 11.8 Å². The lowest BCUT2D eigenvalue weighted by atomic mass is 10.2. The van der Waals surface area contributed by atoms with E-state index in [4.69, 9.17) is 4.74 Å². The monoisotopic (exact) mass is 465 g/mol. The molecule has 2 heterocycles. The first-order valence-electron chi connectivity index (χ1n) is 7.58. The molecular weight excluding hydrogens is 449 g/mol. The van der Waals surface area contributed by atoms with Crippen LogP contribution >= 0.6 is 34.4 Å². The topological polar surface area (TPSA) is 64.1 Å². The van der Waals surface area contributed by atoms with E-state index in [0.29, 0.717) is 12.3 Å². The highest BCUT2D eigenvalue weighted by Gasteiger charge is 2.19. The third kappa shape index (κ3) is 4.82. The van der Waals surface area contributed by atoms with Crippen LogP contribution in [0.2, 0.25) is 0 Å². The molecule has 0 aliphatic carbocycles. The van der Waals surface area contributed by atoms with Gasteiger partial charge in [0, 0.05) is 21.4 Å². The van der Waals surface area contributed by atoms with Crippen LogP contribution in [0, 0.1) is 3.57 Å². The first-order chi connectivity index (χ1) is 12.2. The number of thioether (sulfide) groups is 1. The van der Waals surface area contributed by atoms with Gasteiger partial charge >= 0.3 is 0 Å². The summed E-state index contributed by atoms with van der Waals surface area (Å²) in [6, 6.07) is 13.3. The van der Waals surface area contributed by atoms with E-state index in [2.05, 4.69) is 37.9 Å². The number of nitrogens with zero attached hydrogens (tertiary/aromatic N) is 2. The zero-order chi connectivity index (χ0) is 17.6. The second kappa shape index (κ2) is 8.48.